The van der Waals surface area contributed by atoms with Crippen LogP contribution in [0.15, 0.2) is 30.3 Å². The number of amides is 4. The van der Waals surface area contributed by atoms with E-state index in [1.165, 1.54) is 6.42 Å². The molecule has 0 unspecified atom stereocenters. The molecular formula is C43H73N5O7. The van der Waals surface area contributed by atoms with Crippen molar-refractivity contribution in [1.29, 1.82) is 0 Å². The van der Waals surface area contributed by atoms with Crippen LogP contribution in [0, 0.1) is 11.8 Å². The SMILES string of the molecule is CCCC[C@H](O[C@@H](Cc1ccccc1)C(=O)N1CCC(OCOC)CC1)C(=O)N[C@@H](CC1CCCCC1)[C@@H](O)C[C@H](NC(=O)N1CCCN(C)CC1)C(C)C. The summed E-state index contributed by atoms with van der Waals surface area (Å²) >= 11 is 0. The zero-order valence-corrected chi connectivity index (χ0v) is 34.6. The molecule has 0 bridgehead atoms. The highest BCUT2D eigenvalue weighted by molar-refractivity contribution is 5.84. The summed E-state index contributed by atoms with van der Waals surface area (Å²) in [6, 6.07) is 8.96. The summed E-state index contributed by atoms with van der Waals surface area (Å²) in [7, 11) is 3.69. The maximum atomic E-state index is 14.4. The monoisotopic (exact) mass is 772 g/mol. The third-order valence-corrected chi connectivity index (χ3v) is 11.9. The summed E-state index contributed by atoms with van der Waals surface area (Å²) in [5, 5.41) is 18.5. The number of hydrogen-bond donors (Lipinski definition) is 3. The van der Waals surface area contributed by atoms with Crippen LogP contribution >= 0.6 is 0 Å². The van der Waals surface area contributed by atoms with Crippen LogP contribution in [0.25, 0.3) is 0 Å². The lowest BCUT2D eigenvalue weighted by molar-refractivity contribution is -0.157. The molecular weight excluding hydrogens is 699 g/mol. The van der Waals surface area contributed by atoms with Gasteiger partial charge in [0.2, 0.25) is 5.91 Å². The first-order valence-electron chi connectivity index (χ1n) is 21.4. The van der Waals surface area contributed by atoms with Crippen molar-refractivity contribution >= 4 is 17.8 Å². The fourth-order valence-corrected chi connectivity index (χ4v) is 8.27. The summed E-state index contributed by atoms with van der Waals surface area (Å²) < 4.78 is 17.5. The van der Waals surface area contributed by atoms with Crippen molar-refractivity contribution in [1.82, 2.24) is 25.3 Å². The lowest BCUT2D eigenvalue weighted by Crippen LogP contribution is -2.54. The molecule has 3 aliphatic rings. The molecule has 0 spiro atoms. The van der Waals surface area contributed by atoms with E-state index in [1.54, 1.807) is 7.11 Å². The number of urea groups is 1. The van der Waals surface area contributed by atoms with E-state index in [1.807, 2.05) is 40.1 Å². The van der Waals surface area contributed by atoms with Gasteiger partial charge in [-0.25, -0.2) is 4.79 Å². The second kappa shape index (κ2) is 24.1. The molecule has 3 fully saturated rings. The van der Waals surface area contributed by atoms with Crippen LogP contribution in [0.1, 0.15) is 110 Å². The number of unbranched alkanes of at least 4 members (excludes halogenated alkanes) is 1. The minimum atomic E-state index is -0.871. The Bertz CT molecular complexity index is 1260. The lowest BCUT2D eigenvalue weighted by Gasteiger charge is -2.36. The second-order valence-corrected chi connectivity index (χ2v) is 16.6. The molecule has 2 saturated heterocycles. The average Bonchev–Trinajstić information content (AvgIpc) is 3.42. The molecule has 55 heavy (non-hydrogen) atoms. The Labute approximate surface area is 331 Å². The van der Waals surface area contributed by atoms with Crippen molar-refractivity contribution in [3.63, 3.8) is 0 Å². The molecule has 12 nitrogen and oxygen atoms in total. The van der Waals surface area contributed by atoms with Crippen molar-refractivity contribution in [3.8, 4) is 0 Å². The molecule has 4 amide bonds. The van der Waals surface area contributed by atoms with E-state index in [2.05, 4.69) is 43.4 Å². The van der Waals surface area contributed by atoms with Gasteiger partial charge >= 0.3 is 6.03 Å². The third kappa shape index (κ3) is 15.3. The summed E-state index contributed by atoms with van der Waals surface area (Å²) in [6.45, 7) is 10.7. The molecule has 2 aliphatic heterocycles. The number of likely N-dealkylation sites (N-methyl/N-ethyl adjacent to an activating group) is 1. The van der Waals surface area contributed by atoms with Crippen molar-refractivity contribution < 1.29 is 33.7 Å². The number of carbonyl (C=O) groups excluding carboxylic acids is 3. The average molecular weight is 772 g/mol. The maximum Gasteiger partial charge on any atom is 0.317 e. The van der Waals surface area contributed by atoms with Crippen LogP contribution in [-0.4, -0.2) is 134 Å². The van der Waals surface area contributed by atoms with Crippen molar-refractivity contribution in [3.05, 3.63) is 35.9 Å². The maximum absolute atomic E-state index is 14.4. The van der Waals surface area contributed by atoms with Gasteiger partial charge in [0.1, 0.15) is 19.0 Å². The van der Waals surface area contributed by atoms with Gasteiger partial charge in [0.15, 0.2) is 0 Å². The molecule has 0 aromatic heterocycles. The van der Waals surface area contributed by atoms with Gasteiger partial charge in [-0.05, 0) is 69.5 Å². The van der Waals surface area contributed by atoms with Gasteiger partial charge in [-0.1, -0.05) is 96.0 Å². The number of likely N-dealkylation sites (tertiary alicyclic amines) is 1. The fourth-order valence-electron chi connectivity index (χ4n) is 8.27. The zero-order chi connectivity index (χ0) is 39.6. The highest BCUT2D eigenvalue weighted by atomic mass is 16.7. The van der Waals surface area contributed by atoms with Crippen molar-refractivity contribution in [2.75, 3.05) is 60.2 Å². The van der Waals surface area contributed by atoms with E-state index in [9.17, 15) is 19.5 Å². The summed E-state index contributed by atoms with van der Waals surface area (Å²) in [6.07, 6.45) is 8.92. The minimum absolute atomic E-state index is 0.0352. The molecule has 312 valence electrons. The van der Waals surface area contributed by atoms with Crippen LogP contribution in [0.3, 0.4) is 0 Å². The van der Waals surface area contributed by atoms with Gasteiger partial charge in [-0.3, -0.25) is 9.59 Å². The number of piperidine rings is 1. The number of nitrogens with zero attached hydrogens (tertiary/aromatic N) is 3. The zero-order valence-electron chi connectivity index (χ0n) is 34.6. The Morgan fingerprint density at radius 2 is 1.58 bits per heavy atom. The quantitative estimate of drug-likeness (QED) is 0.151. The predicted molar refractivity (Wildman–Crippen MR) is 215 cm³/mol. The Balaban J connectivity index is 1.50. The van der Waals surface area contributed by atoms with Gasteiger partial charge in [0.25, 0.3) is 5.91 Å². The van der Waals surface area contributed by atoms with Gasteiger partial charge in [0.05, 0.1) is 18.2 Å². The first-order valence-corrected chi connectivity index (χ1v) is 21.4. The Morgan fingerprint density at radius 1 is 0.855 bits per heavy atom. The molecule has 0 radical (unpaired) electrons. The van der Waals surface area contributed by atoms with E-state index < -0.39 is 24.4 Å². The van der Waals surface area contributed by atoms with Crippen molar-refractivity contribution in [2.24, 2.45) is 11.8 Å². The number of benzene rings is 1. The smallest absolute Gasteiger partial charge is 0.317 e. The first-order chi connectivity index (χ1) is 26.6. The number of carbonyl (C=O) groups is 3. The number of ether oxygens (including phenoxy) is 3. The molecule has 1 aromatic rings. The van der Waals surface area contributed by atoms with Crippen LogP contribution in [0.2, 0.25) is 0 Å². The topological polar surface area (TPSA) is 133 Å². The van der Waals surface area contributed by atoms with Gasteiger partial charge in [-0.15, -0.1) is 0 Å². The molecule has 12 heteroatoms. The van der Waals surface area contributed by atoms with Crippen LogP contribution < -0.4 is 10.6 Å². The van der Waals surface area contributed by atoms with E-state index in [0.717, 1.165) is 63.6 Å². The summed E-state index contributed by atoms with van der Waals surface area (Å²) in [5.74, 6) is 0.0766. The Kier molecular flexibility index (Phi) is 19.7. The molecule has 2 heterocycles. The predicted octanol–water partition coefficient (Wildman–Crippen LogP) is 5.36. The standard InChI is InChI=1S/C43H73N5O7/c1-6-7-19-39(55-40(29-34-17-12-9-13-18-34)42(51)47-24-20-35(21-25-47)54-31-53-5)41(50)44-37(28-33-15-10-8-11-16-33)38(49)30-36(32(2)3)45-43(52)48-23-14-22-46(4)26-27-48/h9,12-13,17-18,32-33,35-40,49H,6-8,10-11,14-16,19-31H2,1-5H3,(H,44,50)(H,45,52)/t36-,37-,38-,39-,40-/m0/s1. The van der Waals surface area contributed by atoms with E-state index >= 15 is 0 Å². The fraction of sp³-hybridized carbons (Fsp3) is 0.791. The summed E-state index contributed by atoms with van der Waals surface area (Å²) in [4.78, 5) is 48.0. The van der Waals surface area contributed by atoms with Crippen LogP contribution in [0.5, 0.6) is 0 Å². The van der Waals surface area contributed by atoms with E-state index in [-0.39, 0.29) is 42.7 Å². The summed E-state index contributed by atoms with van der Waals surface area (Å²) in [5.41, 5.74) is 0.966. The van der Waals surface area contributed by atoms with E-state index in [0.29, 0.717) is 70.6 Å². The van der Waals surface area contributed by atoms with Gasteiger partial charge in [-0.2, -0.15) is 0 Å². The number of hydrogen-bond acceptors (Lipinski definition) is 8. The van der Waals surface area contributed by atoms with Gasteiger partial charge < -0.3 is 44.7 Å². The highest BCUT2D eigenvalue weighted by Crippen LogP contribution is 2.29. The first kappa shape index (κ1) is 44.9. The molecule has 4 rings (SSSR count). The minimum Gasteiger partial charge on any atom is -0.391 e. The number of aliphatic hydroxyl groups is 1. The molecule has 1 aromatic carbocycles. The number of nitrogens with one attached hydrogen (secondary N) is 2. The lowest BCUT2D eigenvalue weighted by atomic mass is 9.82. The normalized spacial score (nSPS) is 20.7. The largest absolute Gasteiger partial charge is 0.391 e. The third-order valence-electron chi connectivity index (χ3n) is 11.9. The van der Waals surface area contributed by atoms with Crippen LogP contribution in [-0.2, 0) is 30.2 Å². The Hall–Kier alpha value is -2.77. The second-order valence-electron chi connectivity index (χ2n) is 16.6. The Morgan fingerprint density at radius 3 is 2.25 bits per heavy atom. The van der Waals surface area contributed by atoms with E-state index in [4.69, 9.17) is 14.2 Å². The number of rotatable bonds is 20. The molecule has 3 N–H and O–H groups in total. The van der Waals surface area contributed by atoms with Crippen molar-refractivity contribution in [2.45, 2.75) is 147 Å². The van der Waals surface area contributed by atoms with Crippen LogP contribution in [0.4, 0.5) is 4.79 Å². The molecule has 1 aliphatic carbocycles. The molecule has 1 saturated carbocycles. The highest BCUT2D eigenvalue weighted by Gasteiger charge is 2.36. The molecule has 5 atom stereocenters. The number of methoxy groups -OCH3 is 1. The van der Waals surface area contributed by atoms with Gasteiger partial charge in [0, 0.05) is 52.3 Å². The number of aliphatic hydroxyl groups excluding tert-OH is 1.